The zero-order valence-corrected chi connectivity index (χ0v) is 18.0. The Morgan fingerprint density at radius 2 is 1.78 bits per heavy atom. The summed E-state index contributed by atoms with van der Waals surface area (Å²) in [5.74, 6) is 0.675. The van der Waals surface area contributed by atoms with Gasteiger partial charge < -0.3 is 9.51 Å². The van der Waals surface area contributed by atoms with Crippen LogP contribution in [0.4, 0.5) is 0 Å². The van der Waals surface area contributed by atoms with Crippen LogP contribution >= 0.6 is 0 Å². The second-order valence-corrected chi connectivity index (χ2v) is 7.92. The van der Waals surface area contributed by atoms with Crippen molar-refractivity contribution in [3.63, 3.8) is 0 Å². The summed E-state index contributed by atoms with van der Waals surface area (Å²) in [6, 6.07) is 15.7. The van der Waals surface area contributed by atoms with Crippen molar-refractivity contribution in [2.45, 2.75) is 39.0 Å². The van der Waals surface area contributed by atoms with Gasteiger partial charge in [-0.2, -0.15) is 4.98 Å². The van der Waals surface area contributed by atoms with E-state index in [2.05, 4.69) is 39.8 Å². The number of aryl methyl sites for hydroxylation is 1. The fourth-order valence-electron chi connectivity index (χ4n) is 3.41. The maximum absolute atomic E-state index is 12.2. The minimum atomic E-state index is -0.335. The molecule has 2 aromatic heterocycles. The Labute approximate surface area is 185 Å². The number of rotatable bonds is 7. The standard InChI is InChI=1S/C24H25N5O3/c1-15(2)16-7-9-17(10-8-16)24-26-23(32-29-24)12-11-21(30)27-28-22(31)13-18-14-25-20-6-4-3-5-19(18)20/h3-10,14-15,25H,11-13H2,1-2H3,(H,27,30)(H,28,31). The first-order valence-corrected chi connectivity index (χ1v) is 10.5. The van der Waals surface area contributed by atoms with E-state index in [9.17, 15) is 9.59 Å². The maximum Gasteiger partial charge on any atom is 0.242 e. The first-order valence-electron chi connectivity index (χ1n) is 10.5. The first-order chi connectivity index (χ1) is 15.5. The van der Waals surface area contributed by atoms with Crippen molar-refractivity contribution in [2.75, 3.05) is 0 Å². The van der Waals surface area contributed by atoms with Crippen LogP contribution in [0.2, 0.25) is 0 Å². The molecule has 0 spiro atoms. The van der Waals surface area contributed by atoms with Crippen LogP contribution in [0.5, 0.6) is 0 Å². The molecule has 8 heteroatoms. The number of carbonyl (C=O) groups is 2. The number of H-pyrrole nitrogens is 1. The third-order valence-electron chi connectivity index (χ3n) is 5.24. The summed E-state index contributed by atoms with van der Waals surface area (Å²) in [7, 11) is 0. The SMILES string of the molecule is CC(C)c1ccc(-c2noc(CCC(=O)NNC(=O)Cc3c[nH]c4ccccc34)n2)cc1. The van der Waals surface area contributed by atoms with Gasteiger partial charge >= 0.3 is 0 Å². The number of hydrazine groups is 1. The van der Waals surface area contributed by atoms with Gasteiger partial charge in [0.2, 0.25) is 23.5 Å². The summed E-state index contributed by atoms with van der Waals surface area (Å²) in [6.45, 7) is 4.27. The van der Waals surface area contributed by atoms with Crippen molar-refractivity contribution in [3.05, 3.63) is 71.7 Å². The number of aromatic amines is 1. The zero-order valence-electron chi connectivity index (χ0n) is 18.0. The lowest BCUT2D eigenvalue weighted by Crippen LogP contribution is -2.42. The third kappa shape index (κ3) is 5.03. The van der Waals surface area contributed by atoms with Gasteiger partial charge in [0, 0.05) is 35.5 Å². The van der Waals surface area contributed by atoms with E-state index in [1.54, 1.807) is 6.20 Å². The molecule has 0 radical (unpaired) electrons. The molecule has 0 unspecified atom stereocenters. The van der Waals surface area contributed by atoms with Crippen LogP contribution in [-0.4, -0.2) is 26.9 Å². The maximum atomic E-state index is 12.2. The smallest absolute Gasteiger partial charge is 0.242 e. The lowest BCUT2D eigenvalue weighted by molar-refractivity contribution is -0.128. The second kappa shape index (κ2) is 9.47. The molecule has 4 aromatic rings. The fourth-order valence-corrected chi connectivity index (χ4v) is 3.41. The van der Waals surface area contributed by atoms with Crippen molar-refractivity contribution < 1.29 is 14.1 Å². The molecule has 0 saturated heterocycles. The van der Waals surface area contributed by atoms with E-state index in [0.29, 0.717) is 17.6 Å². The summed E-state index contributed by atoms with van der Waals surface area (Å²) >= 11 is 0. The predicted molar refractivity (Wildman–Crippen MR) is 120 cm³/mol. The molecular formula is C24H25N5O3. The van der Waals surface area contributed by atoms with Gasteiger partial charge in [-0.15, -0.1) is 0 Å². The number of hydrogen-bond acceptors (Lipinski definition) is 5. The number of para-hydroxylation sites is 1. The molecule has 2 heterocycles. The lowest BCUT2D eigenvalue weighted by Gasteiger charge is -2.06. The monoisotopic (exact) mass is 431 g/mol. The molecule has 0 bridgehead atoms. The molecule has 2 aromatic carbocycles. The summed E-state index contributed by atoms with van der Waals surface area (Å²) in [6.07, 6.45) is 2.35. The highest BCUT2D eigenvalue weighted by atomic mass is 16.5. The zero-order chi connectivity index (χ0) is 22.5. The normalized spacial score (nSPS) is 11.1. The number of aromatic nitrogens is 3. The first kappa shape index (κ1) is 21.3. The number of benzene rings is 2. The van der Waals surface area contributed by atoms with Gasteiger partial charge in [0.15, 0.2) is 0 Å². The van der Waals surface area contributed by atoms with Gasteiger partial charge in [-0.05, 0) is 23.1 Å². The van der Waals surface area contributed by atoms with Crippen LogP contribution in [0.15, 0.2) is 59.3 Å². The van der Waals surface area contributed by atoms with Crippen LogP contribution in [0, 0.1) is 0 Å². The van der Waals surface area contributed by atoms with Gasteiger partial charge in [0.25, 0.3) is 0 Å². The molecular weight excluding hydrogens is 406 g/mol. The van der Waals surface area contributed by atoms with E-state index in [1.165, 1.54) is 5.56 Å². The molecule has 8 nitrogen and oxygen atoms in total. The number of nitrogens with one attached hydrogen (secondary N) is 3. The molecule has 164 valence electrons. The minimum absolute atomic E-state index is 0.112. The molecule has 0 aliphatic heterocycles. The van der Waals surface area contributed by atoms with Crippen LogP contribution in [-0.2, 0) is 22.4 Å². The molecule has 0 aliphatic carbocycles. The van der Waals surface area contributed by atoms with Crippen molar-refractivity contribution >= 4 is 22.7 Å². The van der Waals surface area contributed by atoms with Crippen molar-refractivity contribution in [3.8, 4) is 11.4 Å². The third-order valence-corrected chi connectivity index (χ3v) is 5.24. The van der Waals surface area contributed by atoms with E-state index in [0.717, 1.165) is 22.0 Å². The summed E-state index contributed by atoms with van der Waals surface area (Å²) in [5.41, 5.74) is 8.81. The summed E-state index contributed by atoms with van der Waals surface area (Å²) < 4.78 is 5.25. The molecule has 32 heavy (non-hydrogen) atoms. The Bertz CT molecular complexity index is 1220. The van der Waals surface area contributed by atoms with Gasteiger partial charge in [0.05, 0.1) is 6.42 Å². The fraction of sp³-hybridized carbons (Fsp3) is 0.250. The van der Waals surface area contributed by atoms with Gasteiger partial charge in [-0.3, -0.25) is 20.4 Å². The van der Waals surface area contributed by atoms with Crippen LogP contribution in [0.25, 0.3) is 22.3 Å². The van der Waals surface area contributed by atoms with E-state index in [1.807, 2.05) is 48.5 Å². The van der Waals surface area contributed by atoms with Crippen LogP contribution in [0.3, 0.4) is 0 Å². The molecule has 0 saturated carbocycles. The van der Waals surface area contributed by atoms with E-state index < -0.39 is 0 Å². The Kier molecular flexibility index (Phi) is 6.30. The average molecular weight is 431 g/mol. The van der Waals surface area contributed by atoms with E-state index >= 15 is 0 Å². The summed E-state index contributed by atoms with van der Waals surface area (Å²) in [4.78, 5) is 31.8. The highest BCUT2D eigenvalue weighted by Crippen LogP contribution is 2.21. The quantitative estimate of drug-likeness (QED) is 0.387. The highest BCUT2D eigenvalue weighted by molar-refractivity contribution is 5.89. The number of hydrogen-bond donors (Lipinski definition) is 3. The highest BCUT2D eigenvalue weighted by Gasteiger charge is 2.13. The molecule has 0 aliphatic rings. The Hall–Kier alpha value is -3.94. The van der Waals surface area contributed by atoms with Gasteiger partial charge in [0.1, 0.15) is 0 Å². The Morgan fingerprint density at radius 3 is 2.56 bits per heavy atom. The number of amides is 2. The lowest BCUT2D eigenvalue weighted by atomic mass is 10.0. The Balaban J connectivity index is 1.24. The number of fused-ring (bicyclic) bond motifs is 1. The molecule has 0 atom stereocenters. The second-order valence-electron chi connectivity index (χ2n) is 7.92. The summed E-state index contributed by atoms with van der Waals surface area (Å²) in [5, 5.41) is 4.98. The van der Waals surface area contributed by atoms with Gasteiger partial charge in [-0.1, -0.05) is 61.5 Å². The molecule has 4 rings (SSSR count). The molecule has 2 amide bonds. The van der Waals surface area contributed by atoms with Crippen molar-refractivity contribution in [1.29, 1.82) is 0 Å². The van der Waals surface area contributed by atoms with Gasteiger partial charge in [-0.25, -0.2) is 0 Å². The largest absolute Gasteiger partial charge is 0.361 e. The predicted octanol–water partition coefficient (Wildman–Crippen LogP) is 3.66. The van der Waals surface area contributed by atoms with E-state index in [-0.39, 0.29) is 31.1 Å². The van der Waals surface area contributed by atoms with Crippen LogP contribution < -0.4 is 10.9 Å². The minimum Gasteiger partial charge on any atom is -0.361 e. The average Bonchev–Trinajstić information content (AvgIpc) is 3.44. The van der Waals surface area contributed by atoms with Crippen LogP contribution in [0.1, 0.15) is 43.2 Å². The Morgan fingerprint density at radius 1 is 1.03 bits per heavy atom. The number of nitrogens with zero attached hydrogens (tertiary/aromatic N) is 2. The van der Waals surface area contributed by atoms with Crippen molar-refractivity contribution in [2.24, 2.45) is 0 Å². The van der Waals surface area contributed by atoms with Crippen molar-refractivity contribution in [1.82, 2.24) is 26.0 Å². The topological polar surface area (TPSA) is 113 Å². The number of carbonyl (C=O) groups excluding carboxylic acids is 2. The van der Waals surface area contributed by atoms with E-state index in [4.69, 9.17) is 4.52 Å². The molecule has 0 fully saturated rings. The molecule has 3 N–H and O–H groups in total.